The zero-order valence-corrected chi connectivity index (χ0v) is 14.7. The third-order valence-corrected chi connectivity index (χ3v) is 4.41. The summed E-state index contributed by atoms with van der Waals surface area (Å²) < 4.78 is 28.2. The number of aryl methyl sites for hydroxylation is 1. The predicted octanol–water partition coefficient (Wildman–Crippen LogP) is 5.91. The van der Waals surface area contributed by atoms with Crippen LogP contribution in [0.1, 0.15) is 16.7 Å². The van der Waals surface area contributed by atoms with E-state index in [2.05, 4.69) is 11.8 Å². The van der Waals surface area contributed by atoms with Crippen molar-refractivity contribution in [3.8, 4) is 28.4 Å². The van der Waals surface area contributed by atoms with Gasteiger partial charge in [0.05, 0.1) is 4.90 Å². The molecule has 3 aromatic carbocycles. The van der Waals surface area contributed by atoms with E-state index in [1.165, 1.54) is 18.2 Å². The third-order valence-electron chi connectivity index (χ3n) is 3.77. The molecule has 0 atom stereocenters. The van der Waals surface area contributed by atoms with Crippen molar-refractivity contribution in [3.63, 3.8) is 0 Å². The first kappa shape index (κ1) is 17.7. The Hall–Kier alpha value is -3.08. The summed E-state index contributed by atoms with van der Waals surface area (Å²) in [5.41, 5.74) is 3.41. The number of thiocyanates is 1. The van der Waals surface area contributed by atoms with E-state index in [0.29, 0.717) is 16.7 Å². The smallest absolute Gasteiger partial charge is 0.139 e. The highest BCUT2D eigenvalue weighted by atomic mass is 32.2. The highest BCUT2D eigenvalue weighted by Gasteiger charge is 2.06. The maximum atomic E-state index is 14.4. The van der Waals surface area contributed by atoms with Crippen molar-refractivity contribution in [3.05, 3.63) is 89.0 Å². The fourth-order valence-electron chi connectivity index (χ4n) is 2.41. The first-order valence-electron chi connectivity index (χ1n) is 7.81. The van der Waals surface area contributed by atoms with Crippen molar-refractivity contribution in [1.29, 1.82) is 5.26 Å². The van der Waals surface area contributed by atoms with Gasteiger partial charge in [-0.25, -0.2) is 8.78 Å². The highest BCUT2D eigenvalue weighted by molar-refractivity contribution is 8.03. The van der Waals surface area contributed by atoms with Crippen LogP contribution in [0.5, 0.6) is 0 Å². The van der Waals surface area contributed by atoms with E-state index in [-0.39, 0.29) is 10.7 Å². The summed E-state index contributed by atoms with van der Waals surface area (Å²) in [5.74, 6) is 4.81. The van der Waals surface area contributed by atoms with Gasteiger partial charge in [0.25, 0.3) is 0 Å². The van der Waals surface area contributed by atoms with Crippen LogP contribution in [0.3, 0.4) is 0 Å². The van der Waals surface area contributed by atoms with Crippen molar-refractivity contribution in [2.75, 3.05) is 0 Å². The molecule has 4 heteroatoms. The van der Waals surface area contributed by atoms with Crippen LogP contribution in [0.25, 0.3) is 11.1 Å². The van der Waals surface area contributed by atoms with Gasteiger partial charge in [0.2, 0.25) is 0 Å². The van der Waals surface area contributed by atoms with E-state index in [1.54, 1.807) is 18.2 Å². The quantitative estimate of drug-likeness (QED) is 0.322. The summed E-state index contributed by atoms with van der Waals surface area (Å²) in [5, 5.41) is 10.4. The van der Waals surface area contributed by atoms with Crippen molar-refractivity contribution >= 4 is 11.8 Å². The van der Waals surface area contributed by atoms with Crippen LogP contribution >= 0.6 is 11.8 Å². The van der Waals surface area contributed by atoms with Gasteiger partial charge >= 0.3 is 0 Å². The predicted molar refractivity (Wildman–Crippen MR) is 100 cm³/mol. The van der Waals surface area contributed by atoms with E-state index in [0.717, 1.165) is 22.9 Å². The van der Waals surface area contributed by atoms with Crippen molar-refractivity contribution in [1.82, 2.24) is 0 Å². The van der Waals surface area contributed by atoms with E-state index in [4.69, 9.17) is 5.26 Å². The molecule has 0 aliphatic rings. The average molecular weight is 361 g/mol. The molecule has 26 heavy (non-hydrogen) atoms. The van der Waals surface area contributed by atoms with E-state index in [9.17, 15) is 8.78 Å². The van der Waals surface area contributed by atoms with Crippen molar-refractivity contribution in [2.45, 2.75) is 11.8 Å². The second kappa shape index (κ2) is 7.87. The summed E-state index contributed by atoms with van der Waals surface area (Å²) in [6.45, 7) is 1.98. The number of thioether (sulfide) groups is 1. The number of hydrogen-bond acceptors (Lipinski definition) is 2. The molecule has 0 bridgehead atoms. The standard InChI is InChI=1S/C22H13F2NS/c1-15-2-8-18(9-3-15)19-10-6-16(12-20(19)23)4-5-17-7-11-22(26-14-25)21(24)13-17/h2-3,6-13H,1H3. The second-order valence-corrected chi connectivity index (χ2v) is 6.48. The normalized spacial score (nSPS) is 9.92. The number of benzene rings is 3. The Morgan fingerprint density at radius 3 is 2.00 bits per heavy atom. The van der Waals surface area contributed by atoms with Gasteiger partial charge < -0.3 is 0 Å². The molecular weight excluding hydrogens is 348 g/mol. The summed E-state index contributed by atoms with van der Waals surface area (Å²) in [6.07, 6.45) is 0. The largest absolute Gasteiger partial charge is 0.206 e. The van der Waals surface area contributed by atoms with Gasteiger partial charge in [-0.3, -0.25) is 0 Å². The lowest BCUT2D eigenvalue weighted by Gasteiger charge is -2.04. The molecule has 3 aromatic rings. The highest BCUT2D eigenvalue weighted by Crippen LogP contribution is 2.24. The molecule has 126 valence electrons. The lowest BCUT2D eigenvalue weighted by Crippen LogP contribution is -1.87. The summed E-state index contributed by atoms with van der Waals surface area (Å²) in [7, 11) is 0. The van der Waals surface area contributed by atoms with Crippen LogP contribution in [-0.2, 0) is 0 Å². The van der Waals surface area contributed by atoms with E-state index < -0.39 is 5.82 Å². The van der Waals surface area contributed by atoms with Crippen LogP contribution in [0.4, 0.5) is 8.78 Å². The Labute approximate surface area is 155 Å². The molecule has 0 aromatic heterocycles. The molecule has 0 N–H and O–H groups in total. The maximum Gasteiger partial charge on any atom is 0.139 e. The first-order chi connectivity index (χ1) is 12.6. The fraction of sp³-hybridized carbons (Fsp3) is 0.0455. The molecule has 0 amide bonds. The minimum absolute atomic E-state index is 0.256. The molecular formula is C22H13F2NS. The van der Waals surface area contributed by atoms with Gasteiger partial charge in [-0.15, -0.1) is 0 Å². The van der Waals surface area contributed by atoms with Crippen LogP contribution in [-0.4, -0.2) is 0 Å². The summed E-state index contributed by atoms with van der Waals surface area (Å²) >= 11 is 0.760. The van der Waals surface area contributed by atoms with Crippen LogP contribution in [0.15, 0.2) is 65.6 Å². The zero-order chi connectivity index (χ0) is 18.5. The molecule has 0 spiro atoms. The van der Waals surface area contributed by atoms with E-state index >= 15 is 0 Å². The van der Waals surface area contributed by atoms with Crippen LogP contribution in [0, 0.1) is 41.1 Å². The summed E-state index contributed by atoms with van der Waals surface area (Å²) in [4.78, 5) is 0.256. The average Bonchev–Trinajstić information content (AvgIpc) is 2.63. The Kier molecular flexibility index (Phi) is 5.37. The molecule has 0 heterocycles. The molecule has 0 radical (unpaired) electrons. The number of nitriles is 1. The molecule has 0 fully saturated rings. The van der Waals surface area contributed by atoms with Gasteiger partial charge in [0, 0.05) is 16.7 Å². The molecule has 0 unspecified atom stereocenters. The van der Waals surface area contributed by atoms with Gasteiger partial charge in [-0.1, -0.05) is 47.7 Å². The third kappa shape index (κ3) is 4.11. The Bertz CT molecular complexity index is 1050. The Morgan fingerprint density at radius 2 is 1.42 bits per heavy atom. The topological polar surface area (TPSA) is 23.8 Å². The van der Waals surface area contributed by atoms with Crippen LogP contribution in [0.2, 0.25) is 0 Å². The number of rotatable bonds is 2. The van der Waals surface area contributed by atoms with Crippen molar-refractivity contribution in [2.24, 2.45) is 0 Å². The monoisotopic (exact) mass is 361 g/mol. The molecule has 0 saturated heterocycles. The summed E-state index contributed by atoms with van der Waals surface area (Å²) in [6, 6.07) is 16.8. The molecule has 0 saturated carbocycles. The second-order valence-electron chi connectivity index (χ2n) is 5.65. The van der Waals surface area contributed by atoms with Crippen molar-refractivity contribution < 1.29 is 8.78 Å². The lowest BCUT2D eigenvalue weighted by atomic mass is 10.0. The Morgan fingerprint density at radius 1 is 0.808 bits per heavy atom. The van der Waals surface area contributed by atoms with Gasteiger partial charge in [0.1, 0.15) is 17.0 Å². The molecule has 0 aliphatic carbocycles. The number of hydrogen-bond donors (Lipinski definition) is 0. The number of nitrogens with zero attached hydrogens (tertiary/aromatic N) is 1. The molecule has 0 aliphatic heterocycles. The van der Waals surface area contributed by atoms with E-state index in [1.807, 2.05) is 36.6 Å². The van der Waals surface area contributed by atoms with Gasteiger partial charge in [-0.2, -0.15) is 5.26 Å². The fourth-order valence-corrected chi connectivity index (χ4v) is 2.81. The Balaban J connectivity index is 1.85. The molecule has 3 rings (SSSR count). The number of halogens is 2. The minimum Gasteiger partial charge on any atom is -0.206 e. The minimum atomic E-state index is -0.496. The first-order valence-corrected chi connectivity index (χ1v) is 8.62. The zero-order valence-electron chi connectivity index (χ0n) is 13.9. The maximum absolute atomic E-state index is 14.4. The molecule has 1 nitrogen and oxygen atoms in total. The lowest BCUT2D eigenvalue weighted by molar-refractivity contribution is 0.602. The van der Waals surface area contributed by atoms with Gasteiger partial charge in [-0.05, 0) is 54.6 Å². The van der Waals surface area contributed by atoms with Gasteiger partial charge in [0.15, 0.2) is 0 Å². The van der Waals surface area contributed by atoms with Crippen LogP contribution < -0.4 is 0 Å². The SMILES string of the molecule is Cc1ccc(-c2ccc(C#Cc3ccc(SC#N)c(F)c3)cc2F)cc1.